The quantitative estimate of drug-likeness (QED) is 0.355. The molecule has 29 heavy (non-hydrogen) atoms. The van der Waals surface area contributed by atoms with Gasteiger partial charge in [-0.25, -0.2) is 10.5 Å². The highest BCUT2D eigenvalue weighted by molar-refractivity contribution is 6.33. The lowest BCUT2D eigenvalue weighted by Crippen LogP contribution is -2.33. The number of hydroxylamine groups is 1. The fourth-order valence-corrected chi connectivity index (χ4v) is 4.15. The van der Waals surface area contributed by atoms with Crippen LogP contribution < -0.4 is 10.8 Å². The molecule has 2 amide bonds. The van der Waals surface area contributed by atoms with Gasteiger partial charge in [-0.3, -0.25) is 14.8 Å². The molecule has 0 bridgehead atoms. The Morgan fingerprint density at radius 3 is 2.72 bits per heavy atom. The van der Waals surface area contributed by atoms with E-state index in [-0.39, 0.29) is 24.4 Å². The highest BCUT2D eigenvalue weighted by atomic mass is 35.5. The fraction of sp³-hybridized carbons (Fsp3) is 0.550. The molecule has 1 aliphatic carbocycles. The van der Waals surface area contributed by atoms with Crippen molar-refractivity contribution >= 4 is 47.7 Å². The van der Waals surface area contributed by atoms with Gasteiger partial charge < -0.3 is 10.2 Å². The summed E-state index contributed by atoms with van der Waals surface area (Å²) in [6.07, 6.45) is 12.0. The summed E-state index contributed by atoms with van der Waals surface area (Å²) >= 11 is 6.30. The predicted octanol–water partition coefficient (Wildman–Crippen LogP) is 3.66. The molecule has 3 N–H and O–H groups in total. The third-order valence-electron chi connectivity index (χ3n) is 5.47. The maximum absolute atomic E-state index is 12.6. The van der Waals surface area contributed by atoms with E-state index in [4.69, 9.17) is 16.8 Å². The van der Waals surface area contributed by atoms with E-state index in [9.17, 15) is 9.59 Å². The van der Waals surface area contributed by atoms with Crippen LogP contribution in [0.2, 0.25) is 5.02 Å². The average Bonchev–Trinajstić information content (AvgIpc) is 3.17. The van der Waals surface area contributed by atoms with Crippen molar-refractivity contribution in [1.29, 1.82) is 0 Å². The van der Waals surface area contributed by atoms with Crippen molar-refractivity contribution < 1.29 is 14.8 Å². The van der Waals surface area contributed by atoms with Crippen LogP contribution >= 0.6 is 24.0 Å². The van der Waals surface area contributed by atoms with E-state index >= 15 is 0 Å². The molecule has 1 atom stereocenters. The molecule has 1 aromatic rings. The number of rotatable bonds is 6. The van der Waals surface area contributed by atoms with E-state index in [2.05, 4.69) is 10.3 Å². The van der Waals surface area contributed by atoms with Crippen LogP contribution in [0.3, 0.4) is 0 Å². The molecule has 2 aliphatic rings. The Kier molecular flexibility index (Phi) is 9.20. The molecule has 0 spiro atoms. The van der Waals surface area contributed by atoms with Gasteiger partial charge in [0.15, 0.2) is 0 Å². The summed E-state index contributed by atoms with van der Waals surface area (Å²) in [6.45, 7) is 1.43. The summed E-state index contributed by atoms with van der Waals surface area (Å²) in [5, 5.41) is 12.3. The number of carbonyl (C=O) groups excluding carboxylic acids is 2. The molecule has 7 nitrogen and oxygen atoms in total. The molecule has 0 unspecified atom stereocenters. The Morgan fingerprint density at radius 2 is 2.03 bits per heavy atom. The van der Waals surface area contributed by atoms with Gasteiger partial charge in [-0.1, -0.05) is 30.9 Å². The SMILES string of the molecule is Cl.O=C(C=Cc1cnc(N[C@@H]2CCN(C(=O)CC3CCCCC3)C2)c(Cl)c1)NO. The summed E-state index contributed by atoms with van der Waals surface area (Å²) in [7, 11) is 0. The number of amides is 2. The van der Waals surface area contributed by atoms with Crippen molar-refractivity contribution in [2.45, 2.75) is 51.0 Å². The van der Waals surface area contributed by atoms with Crippen LogP contribution in [-0.2, 0) is 9.59 Å². The number of aromatic nitrogens is 1. The molecule has 9 heteroatoms. The molecule has 1 aliphatic heterocycles. The fourth-order valence-electron chi connectivity index (χ4n) is 3.92. The van der Waals surface area contributed by atoms with Gasteiger partial charge in [0, 0.05) is 37.8 Å². The van der Waals surface area contributed by atoms with Gasteiger partial charge in [0.1, 0.15) is 5.82 Å². The van der Waals surface area contributed by atoms with Gasteiger partial charge in [0.25, 0.3) is 5.91 Å². The Labute approximate surface area is 182 Å². The van der Waals surface area contributed by atoms with Crippen molar-refractivity contribution in [3.8, 4) is 0 Å². The van der Waals surface area contributed by atoms with Crippen LogP contribution in [0.4, 0.5) is 5.82 Å². The molecular formula is C20H28Cl2N4O3. The zero-order valence-electron chi connectivity index (χ0n) is 16.3. The topological polar surface area (TPSA) is 94.6 Å². The van der Waals surface area contributed by atoms with E-state index < -0.39 is 5.91 Å². The Morgan fingerprint density at radius 1 is 1.28 bits per heavy atom. The molecule has 0 aromatic carbocycles. The summed E-state index contributed by atoms with van der Waals surface area (Å²) < 4.78 is 0. The zero-order valence-corrected chi connectivity index (χ0v) is 17.8. The van der Waals surface area contributed by atoms with Gasteiger partial charge >= 0.3 is 0 Å². The number of anilines is 1. The first kappa shape index (κ1) is 23.4. The minimum atomic E-state index is -0.623. The number of hydrogen-bond donors (Lipinski definition) is 3. The van der Waals surface area contributed by atoms with Gasteiger partial charge in [0.2, 0.25) is 5.91 Å². The number of likely N-dealkylation sites (tertiary alicyclic amines) is 1. The maximum atomic E-state index is 12.6. The zero-order chi connectivity index (χ0) is 19.9. The van der Waals surface area contributed by atoms with Crippen LogP contribution in [0.25, 0.3) is 6.08 Å². The first-order valence-corrected chi connectivity index (χ1v) is 10.2. The minimum Gasteiger partial charge on any atom is -0.364 e. The minimum absolute atomic E-state index is 0. The third kappa shape index (κ3) is 6.87. The molecule has 2 fully saturated rings. The second kappa shape index (κ2) is 11.4. The standard InChI is InChI=1S/C20H27ClN4O3.ClH/c21-17-10-15(6-7-18(26)24-28)12-22-20(17)23-16-8-9-25(13-16)19(27)11-14-4-2-1-3-5-14;/h6-7,10,12,14,16,28H,1-5,8-9,11,13H2,(H,22,23)(H,24,26);1H/t16-;/m1./s1. The van der Waals surface area contributed by atoms with Gasteiger partial charge in [-0.15, -0.1) is 12.4 Å². The van der Waals surface area contributed by atoms with E-state index in [1.54, 1.807) is 12.3 Å². The number of hydrogen-bond acceptors (Lipinski definition) is 5. The predicted molar refractivity (Wildman–Crippen MR) is 115 cm³/mol. The smallest absolute Gasteiger partial charge is 0.267 e. The van der Waals surface area contributed by atoms with Crippen molar-refractivity contribution in [2.24, 2.45) is 5.92 Å². The second-order valence-corrected chi connectivity index (χ2v) is 7.99. The number of carbonyl (C=O) groups is 2. The number of pyridine rings is 1. The van der Waals surface area contributed by atoms with Crippen molar-refractivity contribution in [1.82, 2.24) is 15.4 Å². The normalized spacial score (nSPS) is 19.8. The van der Waals surface area contributed by atoms with Gasteiger partial charge in [0.05, 0.1) is 5.02 Å². The Balaban J connectivity index is 0.00000300. The van der Waals surface area contributed by atoms with E-state index in [1.165, 1.54) is 49.7 Å². The number of nitrogens with zero attached hydrogens (tertiary/aromatic N) is 2. The molecular weight excluding hydrogens is 415 g/mol. The molecule has 1 aromatic heterocycles. The summed E-state index contributed by atoms with van der Waals surface area (Å²) in [5.74, 6) is 0.759. The van der Waals surface area contributed by atoms with Crippen LogP contribution in [0.15, 0.2) is 18.3 Å². The second-order valence-electron chi connectivity index (χ2n) is 7.59. The summed E-state index contributed by atoms with van der Waals surface area (Å²) in [5.41, 5.74) is 2.17. The maximum Gasteiger partial charge on any atom is 0.267 e. The molecule has 0 radical (unpaired) electrons. The van der Waals surface area contributed by atoms with Crippen LogP contribution in [0.1, 0.15) is 50.5 Å². The van der Waals surface area contributed by atoms with Crippen molar-refractivity contribution in [3.63, 3.8) is 0 Å². The Hall–Kier alpha value is -1.83. The molecule has 1 saturated carbocycles. The number of halogens is 2. The lowest BCUT2D eigenvalue weighted by molar-refractivity contribution is -0.131. The van der Waals surface area contributed by atoms with Crippen molar-refractivity contribution in [2.75, 3.05) is 18.4 Å². The number of nitrogens with one attached hydrogen (secondary N) is 2. The molecule has 3 rings (SSSR count). The van der Waals surface area contributed by atoms with Crippen LogP contribution in [0, 0.1) is 5.92 Å². The Bertz CT molecular complexity index is 738. The lowest BCUT2D eigenvalue weighted by atomic mass is 9.87. The lowest BCUT2D eigenvalue weighted by Gasteiger charge is -2.24. The van der Waals surface area contributed by atoms with E-state index in [0.717, 1.165) is 13.0 Å². The van der Waals surface area contributed by atoms with Crippen LogP contribution in [0.5, 0.6) is 0 Å². The summed E-state index contributed by atoms with van der Waals surface area (Å²) in [6, 6.07) is 1.82. The first-order chi connectivity index (χ1) is 13.5. The average molecular weight is 443 g/mol. The highest BCUT2D eigenvalue weighted by Gasteiger charge is 2.28. The summed E-state index contributed by atoms with van der Waals surface area (Å²) in [4.78, 5) is 29.9. The van der Waals surface area contributed by atoms with Crippen LogP contribution in [-0.4, -0.2) is 46.0 Å². The van der Waals surface area contributed by atoms with E-state index in [0.29, 0.717) is 35.3 Å². The van der Waals surface area contributed by atoms with Crippen molar-refractivity contribution in [3.05, 3.63) is 28.9 Å². The largest absolute Gasteiger partial charge is 0.364 e. The van der Waals surface area contributed by atoms with Gasteiger partial charge in [-0.05, 0) is 42.9 Å². The molecule has 160 valence electrons. The first-order valence-electron chi connectivity index (χ1n) is 9.87. The van der Waals surface area contributed by atoms with Gasteiger partial charge in [-0.2, -0.15) is 0 Å². The monoisotopic (exact) mass is 442 g/mol. The molecule has 2 heterocycles. The third-order valence-corrected chi connectivity index (χ3v) is 5.76. The highest BCUT2D eigenvalue weighted by Crippen LogP contribution is 2.28. The molecule has 1 saturated heterocycles. The van der Waals surface area contributed by atoms with E-state index in [1.807, 2.05) is 4.90 Å².